The minimum absolute atomic E-state index is 0. The quantitative estimate of drug-likeness (QED) is 0.0297. The van der Waals surface area contributed by atoms with Gasteiger partial charge in [0.05, 0.1) is 11.8 Å². The summed E-state index contributed by atoms with van der Waals surface area (Å²) in [6, 6.07) is 66.8. The van der Waals surface area contributed by atoms with E-state index in [2.05, 4.69) is 271 Å². The first-order chi connectivity index (χ1) is 41.4. The Labute approximate surface area is 619 Å². The van der Waals surface area contributed by atoms with Gasteiger partial charge >= 0.3 is 59.1 Å². The van der Waals surface area contributed by atoms with Crippen LogP contribution < -0.4 is 125 Å². The fourth-order valence-corrected chi connectivity index (χ4v) is 20.9. The van der Waals surface area contributed by atoms with E-state index in [1.54, 1.807) is 23.6 Å². The molecule has 2 saturated heterocycles. The van der Waals surface area contributed by atoms with Gasteiger partial charge in [-0.05, 0) is 231 Å². The number of carbonyl (C=O) groups is 1. The summed E-state index contributed by atoms with van der Waals surface area (Å²) in [4.78, 5) is 10.7. The number of ether oxygens (including phenoxy) is 2. The summed E-state index contributed by atoms with van der Waals surface area (Å²) >= 11 is 3.64. The number of hydrogen-bond donors (Lipinski definition) is 0. The fourth-order valence-electron chi connectivity index (χ4n) is 10.8. The molecule has 0 atom stereocenters. The standard InChI is InChI=1S/C21H21BrP.C21H20P.C16H26.C13H22O.2C4H8O.2BrH.2Na.2H/c22-17-10-18-23(19-11-4-1-5-12-19,20-13-6-2-7-14-20)21-15-8-3-9-16-21;1-4-10-18(11-5-1)22(21-16-17-21,19-12-6-2-7-13-19)20-14-8-3-9-15-20;1-13(2)7-5-8-14(3)9-6-10-15(4)16-11-12-16;1-11(2)7-5-8-12(3)9-6-10-13(4)14;2*1-2-4-5-3-1;;;;;;/h1-9,11-16H,10,17-18H2;1-15,21H,16-17H2;7,9H,5-6,8,10-12H2,1-4H3;7,9H,5-6,8,10H2,1-4H3;2*1-4H2;2*1H;;;;/q2*+1;;;;;;;2*+1;2*-1/p-2/b;;14-9+;12-9+;;;;;;;;. The van der Waals surface area contributed by atoms with Gasteiger partial charge in [0.15, 0.2) is 0 Å². The Morgan fingerprint density at radius 3 is 1.01 bits per heavy atom. The first-order valence-corrected chi connectivity index (χ1v) is 36.9. The first-order valence-electron chi connectivity index (χ1n) is 32.0. The number of benzene rings is 6. The Bertz CT molecular complexity index is 2710. The van der Waals surface area contributed by atoms with Gasteiger partial charge in [-0.15, -0.1) is 0 Å². The van der Waals surface area contributed by atoms with E-state index in [-0.39, 0.29) is 102 Å². The molecule has 3 nitrogen and oxygen atoms in total. The zero-order valence-corrected chi connectivity index (χ0v) is 66.8. The van der Waals surface area contributed by atoms with E-state index >= 15 is 0 Å². The molecule has 0 amide bonds. The Morgan fingerprint density at radius 2 is 0.753 bits per heavy atom. The molecule has 6 aromatic rings. The molecular weight excluding hydrogens is 1340 g/mol. The summed E-state index contributed by atoms with van der Waals surface area (Å²) in [6.45, 7) is 20.9. The third kappa shape index (κ3) is 32.3. The van der Waals surface area contributed by atoms with Gasteiger partial charge in [-0.25, -0.2) is 0 Å². The van der Waals surface area contributed by atoms with Crippen LogP contribution in [0.5, 0.6) is 0 Å². The van der Waals surface area contributed by atoms with Crippen LogP contribution in [0, 0.1) is 0 Å². The number of carbonyl (C=O) groups excluding carboxylic acids is 1. The molecule has 2 saturated carbocycles. The largest absolute Gasteiger partial charge is 1.00 e. The molecule has 0 radical (unpaired) electrons. The molecule has 0 bridgehead atoms. The SMILES string of the molecule is BrCCC[P+](c1ccccc1)(c1ccccc1)c1ccccc1.C1CCOC1.C1CCOC1.CC(=O)CC/C=C(\C)CCC=C(C)C.CC(C)=CCC/C(C)=C/CCC(C)=C1CC1.[Br-].[Br-].[H-].[H-].[Na+].[Na+].c1ccc([P+](c2ccccc2)(c2ccccc2)C2CC2)cc1. The summed E-state index contributed by atoms with van der Waals surface area (Å²) in [5.74, 6) is 0.276. The van der Waals surface area contributed by atoms with Gasteiger partial charge in [0.1, 0.15) is 52.1 Å². The van der Waals surface area contributed by atoms with Crippen LogP contribution in [0.2, 0.25) is 0 Å². The maximum absolute atomic E-state index is 10.7. The van der Waals surface area contributed by atoms with Crippen LogP contribution in [0.1, 0.15) is 167 Å². The van der Waals surface area contributed by atoms with E-state index in [1.165, 1.54) is 138 Å². The first kappa shape index (κ1) is 84.9. The van der Waals surface area contributed by atoms with Crippen LogP contribution >= 0.6 is 30.5 Å². The molecule has 2 aliphatic carbocycles. The van der Waals surface area contributed by atoms with Crippen molar-refractivity contribution in [1.82, 2.24) is 0 Å². The molecule has 0 spiro atoms. The van der Waals surface area contributed by atoms with Crippen LogP contribution in [0.4, 0.5) is 0 Å². The minimum Gasteiger partial charge on any atom is -1.00 e. The molecule has 4 fully saturated rings. The fraction of sp³-hybridized carbons (Fsp3) is 0.405. The molecule has 10 heteroatoms. The number of rotatable bonds is 22. The average molecular weight is 1450 g/mol. The molecule has 2 aliphatic heterocycles. The van der Waals surface area contributed by atoms with Crippen LogP contribution in [0.3, 0.4) is 0 Å². The monoisotopic (exact) mass is 1450 g/mol. The van der Waals surface area contributed by atoms with Crippen molar-refractivity contribution in [2.45, 2.75) is 170 Å². The van der Waals surface area contributed by atoms with Crippen molar-refractivity contribution in [1.29, 1.82) is 0 Å². The molecule has 4 aliphatic rings. The van der Waals surface area contributed by atoms with Crippen molar-refractivity contribution >= 4 is 68.1 Å². The van der Waals surface area contributed by atoms with E-state index < -0.39 is 14.5 Å². The van der Waals surface area contributed by atoms with Crippen molar-refractivity contribution in [2.24, 2.45) is 0 Å². The van der Waals surface area contributed by atoms with Gasteiger partial charge < -0.3 is 51.1 Å². The topological polar surface area (TPSA) is 35.5 Å². The zero-order chi connectivity index (χ0) is 60.8. The number of allylic oxidation sites excluding steroid dienone is 10. The van der Waals surface area contributed by atoms with E-state index in [9.17, 15) is 4.79 Å². The predicted octanol–water partition coefficient (Wildman–Crippen LogP) is 8.36. The van der Waals surface area contributed by atoms with Crippen molar-refractivity contribution < 1.29 is 110 Å². The van der Waals surface area contributed by atoms with E-state index in [4.69, 9.17) is 9.47 Å². The number of Topliss-reactive ketones (excluding diaryl/α,β-unsaturated/α-hetero) is 1. The van der Waals surface area contributed by atoms with Crippen LogP contribution in [-0.2, 0) is 14.3 Å². The second kappa shape index (κ2) is 50.4. The molecule has 89 heavy (non-hydrogen) atoms. The molecule has 0 N–H and O–H groups in total. The van der Waals surface area contributed by atoms with Crippen molar-refractivity contribution in [2.75, 3.05) is 37.9 Å². The Hall–Kier alpha value is -2.09. The van der Waals surface area contributed by atoms with Crippen molar-refractivity contribution in [3.63, 3.8) is 0 Å². The Kier molecular flexibility index (Phi) is 48.0. The second-order valence-corrected chi connectivity index (χ2v) is 31.7. The van der Waals surface area contributed by atoms with E-state index in [0.717, 1.165) is 56.7 Å². The second-order valence-electron chi connectivity index (χ2n) is 23.6. The summed E-state index contributed by atoms with van der Waals surface area (Å²) in [6.07, 6.45) is 30.8. The predicted molar refractivity (Wildman–Crippen MR) is 385 cm³/mol. The van der Waals surface area contributed by atoms with Gasteiger partial charge in [-0.2, -0.15) is 0 Å². The van der Waals surface area contributed by atoms with Gasteiger partial charge in [-0.3, -0.25) is 0 Å². The van der Waals surface area contributed by atoms with Crippen molar-refractivity contribution in [3.8, 4) is 0 Å². The molecular formula is C79H107Br3Na2O3P2. The third-order valence-electron chi connectivity index (χ3n) is 15.7. The molecule has 474 valence electrons. The van der Waals surface area contributed by atoms with Crippen LogP contribution in [0.15, 0.2) is 240 Å². The minimum atomic E-state index is -1.60. The van der Waals surface area contributed by atoms with Crippen LogP contribution in [0.25, 0.3) is 0 Å². The van der Waals surface area contributed by atoms with Gasteiger partial charge in [0, 0.05) is 38.2 Å². The molecule has 2 heterocycles. The number of ketones is 1. The van der Waals surface area contributed by atoms with Gasteiger partial charge in [0.25, 0.3) is 0 Å². The summed E-state index contributed by atoms with van der Waals surface area (Å²) in [5.41, 5.74) is 9.92. The number of alkyl halides is 1. The number of halogens is 3. The molecule has 10 rings (SSSR count). The summed E-state index contributed by atoms with van der Waals surface area (Å²) < 4.78 is 9.89. The molecule has 0 aromatic heterocycles. The van der Waals surface area contributed by atoms with Crippen molar-refractivity contribution in [3.05, 3.63) is 240 Å². The van der Waals surface area contributed by atoms with Gasteiger partial charge in [-0.1, -0.05) is 183 Å². The Balaban J connectivity index is 0. The summed E-state index contributed by atoms with van der Waals surface area (Å²) in [7, 11) is -3.11. The normalized spacial score (nSPS) is 13.7. The zero-order valence-electron chi connectivity index (χ0n) is 58.2. The Morgan fingerprint density at radius 1 is 0.449 bits per heavy atom. The maximum Gasteiger partial charge on any atom is 1.00 e. The molecule has 0 unspecified atom stereocenters. The maximum atomic E-state index is 10.7. The third-order valence-corrected chi connectivity index (χ3v) is 25.8. The van der Waals surface area contributed by atoms with E-state index in [0.29, 0.717) is 6.42 Å². The van der Waals surface area contributed by atoms with E-state index in [1.807, 2.05) is 0 Å². The summed E-state index contributed by atoms with van der Waals surface area (Å²) in [5, 5.41) is 10.0. The van der Waals surface area contributed by atoms with Crippen LogP contribution in [-0.4, -0.2) is 49.4 Å². The van der Waals surface area contributed by atoms with Gasteiger partial charge in [0.2, 0.25) is 0 Å². The average Bonchev–Trinajstić information content (AvgIpc) is 1.69. The molecule has 6 aromatic carbocycles. The number of hydrogen-bond acceptors (Lipinski definition) is 3. The smallest absolute Gasteiger partial charge is 1.00 e.